The average Bonchev–Trinajstić information content (AvgIpc) is 2.68. The summed E-state index contributed by atoms with van der Waals surface area (Å²) < 4.78 is 15.9. The second-order valence-electron chi connectivity index (χ2n) is 5.96. The number of nitrogens with one attached hydrogen (secondary N) is 1. The molecule has 2 aromatic carbocycles. The van der Waals surface area contributed by atoms with Crippen molar-refractivity contribution in [3.63, 3.8) is 0 Å². The number of rotatable bonds is 8. The molecule has 28 heavy (non-hydrogen) atoms. The van der Waals surface area contributed by atoms with Gasteiger partial charge in [-0.05, 0) is 49.7 Å². The first kappa shape index (κ1) is 21.3. The fourth-order valence-corrected chi connectivity index (χ4v) is 2.48. The summed E-state index contributed by atoms with van der Waals surface area (Å²) in [7, 11) is 1.47. The fourth-order valence-electron chi connectivity index (χ4n) is 2.31. The number of benzene rings is 2. The van der Waals surface area contributed by atoms with E-state index in [9.17, 15) is 9.59 Å². The molecule has 0 saturated carbocycles. The van der Waals surface area contributed by atoms with Gasteiger partial charge >= 0.3 is 5.97 Å². The van der Waals surface area contributed by atoms with Gasteiger partial charge < -0.3 is 19.5 Å². The largest absolute Gasteiger partial charge is 0.493 e. The van der Waals surface area contributed by atoms with Gasteiger partial charge in [0.1, 0.15) is 6.61 Å². The number of amides is 1. The first-order valence-electron chi connectivity index (χ1n) is 8.55. The van der Waals surface area contributed by atoms with Crippen LogP contribution >= 0.6 is 11.6 Å². The fraction of sp³-hybridized carbons (Fsp3) is 0.238. The number of methoxy groups -OCH3 is 1. The molecule has 0 bridgehead atoms. The van der Waals surface area contributed by atoms with Gasteiger partial charge in [-0.25, -0.2) is 4.79 Å². The van der Waals surface area contributed by atoms with Gasteiger partial charge in [-0.15, -0.1) is 0 Å². The predicted molar refractivity (Wildman–Crippen MR) is 108 cm³/mol. The number of ether oxygens (including phenoxy) is 3. The number of anilines is 1. The van der Waals surface area contributed by atoms with Gasteiger partial charge in [-0.1, -0.05) is 30.3 Å². The summed E-state index contributed by atoms with van der Waals surface area (Å²) in [4.78, 5) is 24.7. The van der Waals surface area contributed by atoms with Gasteiger partial charge in [-0.3, -0.25) is 4.79 Å². The SMILES string of the molecule is C=CCOc1ccc(C(=O)OC(C)C(=O)Nc2cc(Cl)ccc2C)cc1OC. The van der Waals surface area contributed by atoms with Crippen LogP contribution in [0.1, 0.15) is 22.8 Å². The molecule has 1 N–H and O–H groups in total. The second-order valence-corrected chi connectivity index (χ2v) is 6.40. The van der Waals surface area contributed by atoms with E-state index in [1.165, 1.54) is 26.2 Å². The molecule has 2 rings (SSSR count). The average molecular weight is 404 g/mol. The zero-order valence-electron chi connectivity index (χ0n) is 16.0. The van der Waals surface area contributed by atoms with Crippen molar-refractivity contribution >= 4 is 29.2 Å². The van der Waals surface area contributed by atoms with Crippen LogP contribution in [0, 0.1) is 6.92 Å². The normalized spacial score (nSPS) is 11.3. The lowest BCUT2D eigenvalue weighted by molar-refractivity contribution is -0.123. The molecule has 6 nitrogen and oxygen atoms in total. The maximum atomic E-state index is 12.4. The van der Waals surface area contributed by atoms with Crippen LogP contribution in [0.3, 0.4) is 0 Å². The number of esters is 1. The second kappa shape index (κ2) is 9.80. The topological polar surface area (TPSA) is 73.9 Å². The van der Waals surface area contributed by atoms with E-state index in [0.717, 1.165) is 5.56 Å². The number of hydrogen-bond donors (Lipinski definition) is 1. The van der Waals surface area contributed by atoms with Crippen molar-refractivity contribution < 1.29 is 23.8 Å². The van der Waals surface area contributed by atoms with E-state index in [0.29, 0.717) is 28.8 Å². The summed E-state index contributed by atoms with van der Waals surface area (Å²) in [6.07, 6.45) is 0.595. The Kier molecular flexibility index (Phi) is 7.46. The molecule has 0 spiro atoms. The summed E-state index contributed by atoms with van der Waals surface area (Å²) in [5.41, 5.74) is 1.64. The third kappa shape index (κ3) is 5.50. The Morgan fingerprint density at radius 2 is 1.96 bits per heavy atom. The highest BCUT2D eigenvalue weighted by atomic mass is 35.5. The van der Waals surface area contributed by atoms with E-state index in [1.54, 1.807) is 30.3 Å². The van der Waals surface area contributed by atoms with Crippen LogP contribution < -0.4 is 14.8 Å². The van der Waals surface area contributed by atoms with E-state index in [1.807, 2.05) is 6.92 Å². The Bertz CT molecular complexity index is 881. The molecule has 0 radical (unpaired) electrons. The third-order valence-corrected chi connectivity index (χ3v) is 4.10. The number of halogens is 1. The lowest BCUT2D eigenvalue weighted by Gasteiger charge is -2.16. The zero-order chi connectivity index (χ0) is 20.7. The van der Waals surface area contributed by atoms with Crippen molar-refractivity contribution in [3.05, 3.63) is 65.2 Å². The number of carbonyl (C=O) groups excluding carboxylic acids is 2. The van der Waals surface area contributed by atoms with Gasteiger partial charge in [0.25, 0.3) is 5.91 Å². The van der Waals surface area contributed by atoms with Crippen molar-refractivity contribution in [2.75, 3.05) is 19.0 Å². The Balaban J connectivity index is 2.05. The molecule has 7 heteroatoms. The smallest absolute Gasteiger partial charge is 0.339 e. The molecule has 0 aliphatic carbocycles. The molecule has 0 fully saturated rings. The van der Waals surface area contributed by atoms with Crippen LogP contribution in [0.4, 0.5) is 5.69 Å². The first-order chi connectivity index (χ1) is 13.3. The summed E-state index contributed by atoms with van der Waals surface area (Å²) >= 11 is 5.95. The predicted octanol–water partition coefficient (Wildman–Crippen LogP) is 4.41. The van der Waals surface area contributed by atoms with Crippen molar-refractivity contribution in [3.8, 4) is 11.5 Å². The summed E-state index contributed by atoms with van der Waals surface area (Å²) in [5, 5.41) is 3.20. The summed E-state index contributed by atoms with van der Waals surface area (Å²) in [5.74, 6) is -0.264. The van der Waals surface area contributed by atoms with Crippen molar-refractivity contribution in [2.24, 2.45) is 0 Å². The van der Waals surface area contributed by atoms with Crippen LogP contribution in [-0.2, 0) is 9.53 Å². The minimum atomic E-state index is -1.01. The summed E-state index contributed by atoms with van der Waals surface area (Å²) in [6, 6.07) is 9.78. The minimum absolute atomic E-state index is 0.237. The number of carbonyl (C=O) groups is 2. The van der Waals surface area contributed by atoms with Gasteiger partial charge in [0.15, 0.2) is 17.6 Å². The number of aryl methyl sites for hydroxylation is 1. The van der Waals surface area contributed by atoms with Crippen molar-refractivity contribution in [2.45, 2.75) is 20.0 Å². The highest BCUT2D eigenvalue weighted by molar-refractivity contribution is 6.31. The van der Waals surface area contributed by atoms with Crippen molar-refractivity contribution in [1.29, 1.82) is 0 Å². The highest BCUT2D eigenvalue weighted by Crippen LogP contribution is 2.28. The lowest BCUT2D eigenvalue weighted by Crippen LogP contribution is -2.30. The van der Waals surface area contributed by atoms with Gasteiger partial charge in [0, 0.05) is 10.7 Å². The first-order valence-corrected chi connectivity index (χ1v) is 8.93. The van der Waals surface area contributed by atoms with E-state index in [2.05, 4.69) is 11.9 Å². The van der Waals surface area contributed by atoms with Crippen molar-refractivity contribution in [1.82, 2.24) is 0 Å². The van der Waals surface area contributed by atoms with Crippen LogP contribution in [0.5, 0.6) is 11.5 Å². The van der Waals surface area contributed by atoms with Crippen LogP contribution in [0.25, 0.3) is 0 Å². The molecule has 148 valence electrons. The molecule has 0 aromatic heterocycles. The molecular weight excluding hydrogens is 382 g/mol. The van der Waals surface area contributed by atoms with E-state index < -0.39 is 18.0 Å². The summed E-state index contributed by atoms with van der Waals surface area (Å²) in [6.45, 7) is 7.22. The standard InChI is InChI=1S/C21H22ClNO5/c1-5-10-27-18-9-7-15(11-19(18)26-4)21(25)28-14(3)20(24)23-17-12-16(22)8-6-13(17)2/h5-9,11-12,14H,1,10H2,2-4H3,(H,23,24). The molecule has 1 unspecified atom stereocenters. The number of hydrogen-bond acceptors (Lipinski definition) is 5. The van der Waals surface area contributed by atoms with Crippen LogP contribution in [0.15, 0.2) is 49.1 Å². The molecule has 1 amide bonds. The lowest BCUT2D eigenvalue weighted by atomic mass is 10.2. The van der Waals surface area contributed by atoms with Gasteiger partial charge in [-0.2, -0.15) is 0 Å². The Morgan fingerprint density at radius 3 is 2.64 bits per heavy atom. The van der Waals surface area contributed by atoms with E-state index in [4.69, 9.17) is 25.8 Å². The minimum Gasteiger partial charge on any atom is -0.493 e. The Hall–Kier alpha value is -2.99. The molecule has 0 saturated heterocycles. The third-order valence-electron chi connectivity index (χ3n) is 3.87. The molecule has 0 aliphatic heterocycles. The molecular formula is C21H22ClNO5. The van der Waals surface area contributed by atoms with E-state index in [-0.39, 0.29) is 5.56 Å². The molecule has 1 atom stereocenters. The Labute approximate surface area is 169 Å². The highest BCUT2D eigenvalue weighted by Gasteiger charge is 2.21. The van der Waals surface area contributed by atoms with Crippen LogP contribution in [0.2, 0.25) is 5.02 Å². The molecule has 0 aliphatic rings. The molecule has 2 aromatic rings. The van der Waals surface area contributed by atoms with Gasteiger partial charge in [0.2, 0.25) is 0 Å². The van der Waals surface area contributed by atoms with Crippen LogP contribution in [-0.4, -0.2) is 31.7 Å². The maximum absolute atomic E-state index is 12.4. The maximum Gasteiger partial charge on any atom is 0.339 e. The van der Waals surface area contributed by atoms with E-state index >= 15 is 0 Å². The molecule has 0 heterocycles. The monoisotopic (exact) mass is 403 g/mol. The van der Waals surface area contributed by atoms with Gasteiger partial charge in [0.05, 0.1) is 12.7 Å². The Morgan fingerprint density at radius 1 is 1.21 bits per heavy atom. The quantitative estimate of drug-likeness (QED) is 0.522. The zero-order valence-corrected chi connectivity index (χ0v) is 16.7.